The lowest BCUT2D eigenvalue weighted by atomic mass is 10.2. The molecule has 2 heterocycles. The fourth-order valence-corrected chi connectivity index (χ4v) is 3.51. The molecule has 0 aliphatic rings. The fraction of sp³-hybridized carbons (Fsp3) is 0.125. The van der Waals surface area contributed by atoms with E-state index in [1.807, 2.05) is 48.5 Å². The summed E-state index contributed by atoms with van der Waals surface area (Å²) in [6.07, 6.45) is 3.95. The van der Waals surface area contributed by atoms with Crippen LogP contribution in [0, 0.1) is 0 Å². The minimum Gasteiger partial charge on any atom is -0.441 e. The number of nitrogens with zero attached hydrogens (tertiary/aromatic N) is 3. The average Bonchev–Trinajstić information content (AvgIpc) is 3.26. The molecule has 0 saturated carbocycles. The van der Waals surface area contributed by atoms with Crippen molar-refractivity contribution >= 4 is 34.8 Å². The lowest BCUT2D eigenvalue weighted by Gasteiger charge is -2.22. The third-order valence-corrected chi connectivity index (χ3v) is 5.31. The van der Waals surface area contributed by atoms with Crippen LogP contribution in [0.5, 0.6) is 0 Å². The van der Waals surface area contributed by atoms with Crippen molar-refractivity contribution in [3.05, 3.63) is 101 Å². The van der Waals surface area contributed by atoms with E-state index in [0.717, 1.165) is 16.9 Å². The number of aromatic nitrogens is 2. The Morgan fingerprint density at radius 3 is 2.45 bits per heavy atom. The number of oxazole rings is 1. The summed E-state index contributed by atoms with van der Waals surface area (Å²) in [6.45, 7) is 0.359. The van der Waals surface area contributed by atoms with E-state index in [-0.39, 0.29) is 12.3 Å². The van der Waals surface area contributed by atoms with E-state index in [1.54, 1.807) is 35.5 Å². The number of halogens is 2. The molecule has 7 heteroatoms. The van der Waals surface area contributed by atoms with Gasteiger partial charge in [0.25, 0.3) is 0 Å². The van der Waals surface area contributed by atoms with Crippen LogP contribution >= 0.6 is 23.2 Å². The second-order valence-corrected chi connectivity index (χ2v) is 7.72. The van der Waals surface area contributed by atoms with E-state index in [1.165, 1.54) is 0 Å². The molecular weight excluding hydrogens is 433 g/mol. The van der Waals surface area contributed by atoms with Gasteiger partial charge in [-0.1, -0.05) is 41.4 Å². The van der Waals surface area contributed by atoms with Crippen LogP contribution in [-0.2, 0) is 17.8 Å². The highest BCUT2D eigenvalue weighted by Gasteiger charge is 2.18. The molecule has 0 unspecified atom stereocenters. The minimum atomic E-state index is -0.0644. The molecule has 4 rings (SSSR count). The van der Waals surface area contributed by atoms with Gasteiger partial charge in [0.2, 0.25) is 5.91 Å². The molecule has 0 bridgehead atoms. The van der Waals surface area contributed by atoms with E-state index in [4.69, 9.17) is 27.6 Å². The molecule has 0 aliphatic carbocycles. The largest absolute Gasteiger partial charge is 0.441 e. The molecule has 0 fully saturated rings. The van der Waals surface area contributed by atoms with Crippen molar-refractivity contribution in [3.63, 3.8) is 0 Å². The van der Waals surface area contributed by atoms with Gasteiger partial charge in [-0.25, -0.2) is 4.98 Å². The van der Waals surface area contributed by atoms with Gasteiger partial charge in [0, 0.05) is 35.3 Å². The Morgan fingerprint density at radius 2 is 1.71 bits per heavy atom. The maximum absolute atomic E-state index is 13.1. The van der Waals surface area contributed by atoms with Crippen LogP contribution in [0.15, 0.2) is 83.5 Å². The zero-order chi connectivity index (χ0) is 21.6. The highest BCUT2D eigenvalue weighted by atomic mass is 35.5. The van der Waals surface area contributed by atoms with Crippen molar-refractivity contribution in [1.29, 1.82) is 0 Å². The highest BCUT2D eigenvalue weighted by Crippen LogP contribution is 2.28. The number of carbonyl (C=O) groups excluding carboxylic acids is 1. The van der Waals surface area contributed by atoms with Gasteiger partial charge in [0.15, 0.2) is 11.7 Å². The van der Waals surface area contributed by atoms with Crippen molar-refractivity contribution in [2.75, 3.05) is 4.90 Å². The van der Waals surface area contributed by atoms with Crippen LogP contribution < -0.4 is 4.90 Å². The Morgan fingerprint density at radius 1 is 0.935 bits per heavy atom. The first-order chi connectivity index (χ1) is 15.1. The molecule has 0 saturated heterocycles. The summed E-state index contributed by atoms with van der Waals surface area (Å²) >= 11 is 12.2. The SMILES string of the molecule is O=C(CCc1ncc(-c2ccccc2Cl)o1)N(Cc1ccccn1)c1ccc(Cl)cc1. The van der Waals surface area contributed by atoms with E-state index >= 15 is 0 Å². The summed E-state index contributed by atoms with van der Waals surface area (Å²) in [4.78, 5) is 23.5. The molecule has 156 valence electrons. The molecule has 0 aliphatic heterocycles. The van der Waals surface area contributed by atoms with E-state index in [2.05, 4.69) is 9.97 Å². The van der Waals surface area contributed by atoms with Crippen LogP contribution in [-0.4, -0.2) is 15.9 Å². The molecule has 4 aromatic rings. The molecule has 2 aromatic carbocycles. The van der Waals surface area contributed by atoms with Crippen molar-refractivity contribution in [2.24, 2.45) is 0 Å². The van der Waals surface area contributed by atoms with Gasteiger partial charge in [0.05, 0.1) is 23.5 Å². The maximum Gasteiger partial charge on any atom is 0.227 e. The molecule has 1 amide bonds. The summed E-state index contributed by atoms with van der Waals surface area (Å²) < 4.78 is 5.82. The van der Waals surface area contributed by atoms with Crippen LogP contribution in [0.3, 0.4) is 0 Å². The predicted octanol–water partition coefficient (Wildman–Crippen LogP) is 6.21. The van der Waals surface area contributed by atoms with Gasteiger partial charge in [-0.3, -0.25) is 9.78 Å². The Bertz CT molecular complexity index is 1160. The molecule has 2 aromatic heterocycles. The number of pyridine rings is 1. The molecule has 0 atom stereocenters. The molecule has 0 spiro atoms. The molecular formula is C24H19Cl2N3O2. The minimum absolute atomic E-state index is 0.0644. The maximum atomic E-state index is 13.1. The molecule has 0 radical (unpaired) electrons. The third kappa shape index (κ3) is 5.32. The summed E-state index contributed by atoms with van der Waals surface area (Å²) in [5, 5.41) is 1.20. The number of hydrogen-bond donors (Lipinski definition) is 0. The first-order valence-corrected chi connectivity index (χ1v) is 10.5. The first-order valence-electron chi connectivity index (χ1n) is 9.75. The summed E-state index contributed by atoms with van der Waals surface area (Å²) in [5.41, 5.74) is 2.32. The van der Waals surface area contributed by atoms with E-state index in [0.29, 0.717) is 34.7 Å². The lowest BCUT2D eigenvalue weighted by molar-refractivity contribution is -0.118. The Labute approximate surface area is 190 Å². The number of anilines is 1. The summed E-state index contributed by atoms with van der Waals surface area (Å²) in [7, 11) is 0. The quantitative estimate of drug-likeness (QED) is 0.335. The van der Waals surface area contributed by atoms with Crippen molar-refractivity contribution in [2.45, 2.75) is 19.4 Å². The second kappa shape index (κ2) is 9.77. The standard InChI is InChI=1S/C24H19Cl2N3O2/c25-17-8-10-19(11-9-17)29(16-18-5-3-4-14-27-18)24(30)13-12-23-28-15-22(31-23)20-6-1-2-7-21(20)26/h1-11,14-15H,12-13,16H2. The Kier molecular flexibility index (Phi) is 6.65. The number of rotatable bonds is 7. The van der Waals surface area contributed by atoms with Crippen molar-refractivity contribution < 1.29 is 9.21 Å². The van der Waals surface area contributed by atoms with Gasteiger partial charge in [-0.05, 0) is 48.5 Å². The number of hydrogen-bond acceptors (Lipinski definition) is 4. The van der Waals surface area contributed by atoms with Crippen molar-refractivity contribution in [3.8, 4) is 11.3 Å². The normalized spacial score (nSPS) is 10.8. The van der Waals surface area contributed by atoms with E-state index in [9.17, 15) is 4.79 Å². The lowest BCUT2D eigenvalue weighted by Crippen LogP contribution is -2.31. The third-order valence-electron chi connectivity index (χ3n) is 4.73. The van der Waals surface area contributed by atoms with Gasteiger partial charge in [-0.2, -0.15) is 0 Å². The van der Waals surface area contributed by atoms with E-state index < -0.39 is 0 Å². The average molecular weight is 452 g/mol. The van der Waals surface area contributed by atoms with Crippen LogP contribution in [0.1, 0.15) is 18.0 Å². The van der Waals surface area contributed by atoms with Crippen LogP contribution in [0.2, 0.25) is 10.0 Å². The van der Waals surface area contributed by atoms with Gasteiger partial charge >= 0.3 is 0 Å². The number of aryl methyl sites for hydroxylation is 1. The first kappa shape index (κ1) is 21.1. The predicted molar refractivity (Wildman–Crippen MR) is 122 cm³/mol. The topological polar surface area (TPSA) is 59.2 Å². The number of carbonyl (C=O) groups is 1. The highest BCUT2D eigenvalue weighted by molar-refractivity contribution is 6.33. The van der Waals surface area contributed by atoms with Gasteiger partial charge < -0.3 is 9.32 Å². The summed E-state index contributed by atoms with van der Waals surface area (Å²) in [6, 6.07) is 20.2. The Hall–Kier alpha value is -3.15. The van der Waals surface area contributed by atoms with Gasteiger partial charge in [0.1, 0.15) is 0 Å². The van der Waals surface area contributed by atoms with Crippen LogP contribution in [0.25, 0.3) is 11.3 Å². The number of amides is 1. The van der Waals surface area contributed by atoms with Crippen molar-refractivity contribution in [1.82, 2.24) is 9.97 Å². The summed E-state index contributed by atoms with van der Waals surface area (Å²) in [5.74, 6) is 0.999. The second-order valence-electron chi connectivity index (χ2n) is 6.88. The molecule has 0 N–H and O–H groups in total. The Balaban J connectivity index is 1.49. The van der Waals surface area contributed by atoms with Crippen LogP contribution in [0.4, 0.5) is 5.69 Å². The monoisotopic (exact) mass is 451 g/mol. The number of benzene rings is 2. The fourth-order valence-electron chi connectivity index (χ4n) is 3.16. The van der Waals surface area contributed by atoms with Gasteiger partial charge in [-0.15, -0.1) is 0 Å². The smallest absolute Gasteiger partial charge is 0.227 e. The zero-order valence-electron chi connectivity index (χ0n) is 16.5. The molecule has 31 heavy (non-hydrogen) atoms. The molecule has 5 nitrogen and oxygen atoms in total. The zero-order valence-corrected chi connectivity index (χ0v) is 18.1.